The predicted molar refractivity (Wildman–Crippen MR) is 63.7 cm³/mol. The molecule has 0 amide bonds. The number of aromatic amines is 1. The maximum absolute atomic E-state index is 5.13. The molecule has 1 rings (SSSR count). The third kappa shape index (κ3) is 3.72. The van der Waals surface area contributed by atoms with Gasteiger partial charge in [-0.25, -0.2) is 4.98 Å². The van der Waals surface area contributed by atoms with Crippen molar-refractivity contribution in [3.8, 4) is 0 Å². The van der Waals surface area contributed by atoms with Crippen molar-refractivity contribution >= 4 is 12.2 Å². The lowest BCUT2D eigenvalue weighted by molar-refractivity contribution is 0.200. The van der Waals surface area contributed by atoms with E-state index in [1.807, 2.05) is 6.07 Å². The van der Waals surface area contributed by atoms with Crippen molar-refractivity contribution in [3.63, 3.8) is 0 Å². The van der Waals surface area contributed by atoms with Gasteiger partial charge in [0.1, 0.15) is 10.5 Å². The molecule has 1 aromatic rings. The van der Waals surface area contributed by atoms with Crippen molar-refractivity contribution in [3.05, 3.63) is 22.2 Å². The number of aromatic nitrogens is 2. The van der Waals surface area contributed by atoms with Gasteiger partial charge >= 0.3 is 0 Å². The number of hydrogen-bond donors (Lipinski definition) is 1. The topological polar surface area (TPSA) is 37.9 Å². The third-order valence-electron chi connectivity index (χ3n) is 2.14. The van der Waals surface area contributed by atoms with Gasteiger partial charge in [0, 0.05) is 24.6 Å². The second kappa shape index (κ2) is 4.86. The van der Waals surface area contributed by atoms with Gasteiger partial charge < -0.3 is 9.72 Å². The first-order chi connectivity index (χ1) is 6.93. The molecule has 0 spiro atoms. The SMILES string of the molecule is COCCc1nc(=S)cc(C(C)(C)C)[nH]1. The molecule has 0 atom stereocenters. The van der Waals surface area contributed by atoms with Crippen LogP contribution in [-0.4, -0.2) is 23.7 Å². The van der Waals surface area contributed by atoms with E-state index in [1.54, 1.807) is 7.11 Å². The van der Waals surface area contributed by atoms with Gasteiger partial charge in [0.25, 0.3) is 0 Å². The summed E-state index contributed by atoms with van der Waals surface area (Å²) in [7, 11) is 1.68. The Morgan fingerprint density at radius 1 is 1.47 bits per heavy atom. The van der Waals surface area contributed by atoms with Crippen LogP contribution in [0.2, 0.25) is 0 Å². The summed E-state index contributed by atoms with van der Waals surface area (Å²) in [6.45, 7) is 7.10. The lowest BCUT2D eigenvalue weighted by atomic mass is 9.92. The monoisotopic (exact) mass is 226 g/mol. The van der Waals surface area contributed by atoms with E-state index >= 15 is 0 Å². The molecule has 1 aromatic heterocycles. The lowest BCUT2D eigenvalue weighted by Gasteiger charge is -2.19. The van der Waals surface area contributed by atoms with Crippen molar-refractivity contribution in [2.24, 2.45) is 0 Å². The minimum absolute atomic E-state index is 0.0678. The van der Waals surface area contributed by atoms with Gasteiger partial charge in [0.2, 0.25) is 0 Å². The third-order valence-corrected chi connectivity index (χ3v) is 2.35. The summed E-state index contributed by atoms with van der Waals surface area (Å²) >= 11 is 5.13. The maximum Gasteiger partial charge on any atom is 0.130 e. The molecule has 0 bridgehead atoms. The molecule has 0 radical (unpaired) electrons. The van der Waals surface area contributed by atoms with Crippen LogP contribution >= 0.6 is 12.2 Å². The molecule has 0 aliphatic carbocycles. The number of rotatable bonds is 3. The van der Waals surface area contributed by atoms with E-state index in [0.29, 0.717) is 11.2 Å². The number of hydrogen-bond acceptors (Lipinski definition) is 3. The molecule has 0 aromatic carbocycles. The highest BCUT2D eigenvalue weighted by Gasteiger charge is 2.15. The highest BCUT2D eigenvalue weighted by molar-refractivity contribution is 7.71. The molecule has 0 aliphatic rings. The predicted octanol–water partition coefficient (Wildman–Crippen LogP) is 2.63. The Morgan fingerprint density at radius 2 is 2.13 bits per heavy atom. The van der Waals surface area contributed by atoms with Crippen LogP contribution in [0.1, 0.15) is 32.3 Å². The van der Waals surface area contributed by atoms with Crippen LogP contribution in [0.3, 0.4) is 0 Å². The first kappa shape index (κ1) is 12.3. The molecule has 0 fully saturated rings. The molecule has 4 heteroatoms. The Bertz CT molecular complexity index is 379. The van der Waals surface area contributed by atoms with Crippen molar-refractivity contribution < 1.29 is 4.74 Å². The number of methoxy groups -OCH3 is 1. The average molecular weight is 226 g/mol. The zero-order valence-corrected chi connectivity index (χ0v) is 10.6. The van der Waals surface area contributed by atoms with Crippen LogP contribution in [0, 0.1) is 4.64 Å². The number of nitrogens with one attached hydrogen (secondary N) is 1. The van der Waals surface area contributed by atoms with Gasteiger partial charge in [-0.2, -0.15) is 0 Å². The fraction of sp³-hybridized carbons (Fsp3) is 0.636. The Kier molecular flexibility index (Phi) is 3.99. The molecular weight excluding hydrogens is 208 g/mol. The molecule has 15 heavy (non-hydrogen) atoms. The maximum atomic E-state index is 5.13. The summed E-state index contributed by atoms with van der Waals surface area (Å²) in [6.07, 6.45) is 0.768. The van der Waals surface area contributed by atoms with Crippen LogP contribution in [0.15, 0.2) is 6.07 Å². The Balaban J connectivity index is 3.01. The molecule has 0 unspecified atom stereocenters. The van der Waals surface area contributed by atoms with Gasteiger partial charge in [-0.15, -0.1) is 0 Å². The summed E-state index contributed by atoms with van der Waals surface area (Å²) in [5, 5.41) is 0. The Morgan fingerprint density at radius 3 is 2.67 bits per heavy atom. The van der Waals surface area contributed by atoms with Crippen LogP contribution in [0.25, 0.3) is 0 Å². The van der Waals surface area contributed by atoms with Gasteiger partial charge in [-0.3, -0.25) is 0 Å². The summed E-state index contributed by atoms with van der Waals surface area (Å²) < 4.78 is 5.66. The second-order valence-electron chi connectivity index (χ2n) is 4.57. The molecule has 84 valence electrons. The van der Waals surface area contributed by atoms with Crippen molar-refractivity contribution in [1.82, 2.24) is 9.97 Å². The van der Waals surface area contributed by atoms with Crippen LogP contribution in [0.5, 0.6) is 0 Å². The van der Waals surface area contributed by atoms with Crippen LogP contribution in [0.4, 0.5) is 0 Å². The van der Waals surface area contributed by atoms with E-state index in [0.717, 1.165) is 17.9 Å². The highest BCUT2D eigenvalue weighted by Crippen LogP contribution is 2.19. The Hall–Kier alpha value is -0.740. The van der Waals surface area contributed by atoms with E-state index in [1.165, 1.54) is 0 Å². The summed E-state index contributed by atoms with van der Waals surface area (Å²) in [4.78, 5) is 7.57. The largest absolute Gasteiger partial charge is 0.384 e. The van der Waals surface area contributed by atoms with Crippen molar-refractivity contribution in [2.75, 3.05) is 13.7 Å². The molecular formula is C11H18N2OS. The lowest BCUT2D eigenvalue weighted by Crippen LogP contribution is -2.16. The molecule has 1 heterocycles. The second-order valence-corrected chi connectivity index (χ2v) is 4.99. The van der Waals surface area contributed by atoms with Crippen LogP contribution in [-0.2, 0) is 16.6 Å². The quantitative estimate of drug-likeness (QED) is 0.805. The summed E-state index contributed by atoms with van der Waals surface area (Å²) in [6, 6.07) is 1.92. The highest BCUT2D eigenvalue weighted by atomic mass is 32.1. The number of ether oxygens (including phenoxy) is 1. The zero-order chi connectivity index (χ0) is 11.5. The number of H-pyrrole nitrogens is 1. The van der Waals surface area contributed by atoms with Crippen LogP contribution < -0.4 is 0 Å². The average Bonchev–Trinajstić information content (AvgIpc) is 2.12. The van der Waals surface area contributed by atoms with E-state index in [2.05, 4.69) is 30.7 Å². The van der Waals surface area contributed by atoms with E-state index < -0.39 is 0 Å². The van der Waals surface area contributed by atoms with Gasteiger partial charge in [0.05, 0.1) is 6.61 Å². The molecule has 0 saturated carbocycles. The smallest absolute Gasteiger partial charge is 0.130 e. The zero-order valence-electron chi connectivity index (χ0n) is 9.76. The fourth-order valence-corrected chi connectivity index (χ4v) is 1.46. The molecule has 0 aliphatic heterocycles. The fourth-order valence-electron chi connectivity index (χ4n) is 1.23. The summed E-state index contributed by atoms with van der Waals surface area (Å²) in [5.41, 5.74) is 1.19. The first-order valence-corrected chi connectivity index (χ1v) is 5.44. The molecule has 3 nitrogen and oxygen atoms in total. The van der Waals surface area contributed by atoms with Gasteiger partial charge in [-0.05, 0) is 6.07 Å². The first-order valence-electron chi connectivity index (χ1n) is 5.03. The van der Waals surface area contributed by atoms with E-state index in [9.17, 15) is 0 Å². The minimum Gasteiger partial charge on any atom is -0.384 e. The summed E-state index contributed by atoms with van der Waals surface area (Å²) in [5.74, 6) is 0.897. The van der Waals surface area contributed by atoms with E-state index in [4.69, 9.17) is 17.0 Å². The number of nitrogens with zero attached hydrogens (tertiary/aromatic N) is 1. The van der Waals surface area contributed by atoms with E-state index in [-0.39, 0.29) is 5.41 Å². The van der Waals surface area contributed by atoms with Crippen molar-refractivity contribution in [2.45, 2.75) is 32.6 Å². The minimum atomic E-state index is 0.0678. The van der Waals surface area contributed by atoms with Crippen molar-refractivity contribution in [1.29, 1.82) is 0 Å². The van der Waals surface area contributed by atoms with Gasteiger partial charge in [0.15, 0.2) is 0 Å². The Labute approximate surface area is 95.9 Å². The molecule has 1 N–H and O–H groups in total. The van der Waals surface area contributed by atoms with Gasteiger partial charge in [-0.1, -0.05) is 33.0 Å². The molecule has 0 saturated heterocycles. The normalized spacial score (nSPS) is 11.7. The standard InChI is InChI=1S/C11H18N2OS/c1-11(2,3)8-7-10(15)13-9(12-8)5-6-14-4/h7H,5-6H2,1-4H3,(H,12,13,15).